The van der Waals surface area contributed by atoms with Crippen molar-refractivity contribution in [2.24, 2.45) is 0 Å². The number of aliphatic hydroxyl groups excluding tert-OH is 1. The molecule has 3 rings (SSSR count). The van der Waals surface area contributed by atoms with E-state index in [1.165, 1.54) is 23.1 Å². The second-order valence-corrected chi connectivity index (χ2v) is 6.59. The van der Waals surface area contributed by atoms with Gasteiger partial charge in [-0.2, -0.15) is 18.3 Å². The van der Waals surface area contributed by atoms with Crippen molar-refractivity contribution in [1.82, 2.24) is 19.6 Å². The third kappa shape index (κ3) is 4.26. The Kier molecular flexibility index (Phi) is 5.73. The summed E-state index contributed by atoms with van der Waals surface area (Å²) in [5.74, 6) is -0.709. The first-order chi connectivity index (χ1) is 12.8. The van der Waals surface area contributed by atoms with E-state index in [2.05, 4.69) is 5.10 Å². The lowest BCUT2D eigenvalue weighted by molar-refractivity contribution is -0.143. The first kappa shape index (κ1) is 19.7. The molecule has 2 heterocycles. The van der Waals surface area contributed by atoms with E-state index in [-0.39, 0.29) is 17.3 Å². The highest BCUT2D eigenvalue weighted by Crippen LogP contribution is 2.34. The molecule has 10 heteroatoms. The van der Waals surface area contributed by atoms with Crippen molar-refractivity contribution < 1.29 is 23.1 Å². The zero-order valence-corrected chi connectivity index (χ0v) is 15.0. The number of rotatable bonds is 4. The van der Waals surface area contributed by atoms with Crippen LogP contribution in [0.15, 0.2) is 30.5 Å². The maximum absolute atomic E-state index is 13.7. The van der Waals surface area contributed by atoms with Crippen molar-refractivity contribution in [2.75, 3.05) is 39.3 Å². The molecule has 1 aliphatic heterocycles. The van der Waals surface area contributed by atoms with Crippen molar-refractivity contribution in [3.63, 3.8) is 0 Å². The largest absolute Gasteiger partial charge is 0.434 e. The van der Waals surface area contributed by atoms with Gasteiger partial charge >= 0.3 is 6.18 Å². The normalized spacial score (nSPS) is 16.0. The van der Waals surface area contributed by atoms with Crippen LogP contribution in [0.5, 0.6) is 0 Å². The Labute approximate surface area is 158 Å². The van der Waals surface area contributed by atoms with E-state index >= 15 is 0 Å². The summed E-state index contributed by atoms with van der Waals surface area (Å²) in [7, 11) is 0. The van der Waals surface area contributed by atoms with Crippen molar-refractivity contribution in [3.8, 4) is 5.69 Å². The van der Waals surface area contributed by atoms with Crippen molar-refractivity contribution in [3.05, 3.63) is 46.7 Å². The van der Waals surface area contributed by atoms with E-state index in [0.29, 0.717) is 37.4 Å². The van der Waals surface area contributed by atoms with Gasteiger partial charge in [0.2, 0.25) is 0 Å². The van der Waals surface area contributed by atoms with Gasteiger partial charge in [-0.1, -0.05) is 17.7 Å². The molecular formula is C17H18ClF3N4O2. The van der Waals surface area contributed by atoms with E-state index in [9.17, 15) is 18.0 Å². The fourth-order valence-corrected chi connectivity index (χ4v) is 3.25. The van der Waals surface area contributed by atoms with Gasteiger partial charge in [0.25, 0.3) is 5.91 Å². The van der Waals surface area contributed by atoms with Gasteiger partial charge in [0.1, 0.15) is 0 Å². The average Bonchev–Trinajstić information content (AvgIpc) is 3.07. The van der Waals surface area contributed by atoms with E-state index in [0.717, 1.165) is 6.20 Å². The molecule has 1 aliphatic rings. The number of halogens is 4. The molecule has 0 unspecified atom stereocenters. The number of hydrogen-bond donors (Lipinski definition) is 1. The quantitative estimate of drug-likeness (QED) is 0.852. The number of benzene rings is 1. The van der Waals surface area contributed by atoms with Gasteiger partial charge in [-0.05, 0) is 18.2 Å². The Morgan fingerprint density at radius 1 is 1.22 bits per heavy atom. The SMILES string of the molecule is O=C(c1cnn(-c2cccc(Cl)c2)c1C(F)(F)F)N1CCN(CCO)CC1. The monoisotopic (exact) mass is 402 g/mol. The average molecular weight is 403 g/mol. The van der Waals surface area contributed by atoms with Crippen LogP contribution in [0, 0.1) is 0 Å². The molecule has 1 aromatic heterocycles. The Balaban J connectivity index is 1.91. The molecule has 0 saturated carbocycles. The molecule has 1 fully saturated rings. The predicted octanol–water partition coefficient (Wildman–Crippen LogP) is 2.29. The zero-order valence-electron chi connectivity index (χ0n) is 14.3. The van der Waals surface area contributed by atoms with Crippen LogP contribution in [0.2, 0.25) is 5.02 Å². The lowest BCUT2D eigenvalue weighted by atomic mass is 10.2. The summed E-state index contributed by atoms with van der Waals surface area (Å²) in [4.78, 5) is 16.0. The Hall–Kier alpha value is -2.10. The molecule has 27 heavy (non-hydrogen) atoms. The molecule has 0 aliphatic carbocycles. The number of β-amino-alcohol motifs (C(OH)–C–C–N with tert-alkyl or cyclic N) is 1. The van der Waals surface area contributed by atoms with Gasteiger partial charge < -0.3 is 10.0 Å². The Morgan fingerprint density at radius 2 is 1.93 bits per heavy atom. The molecule has 0 spiro atoms. The van der Waals surface area contributed by atoms with Crippen LogP contribution in [0.3, 0.4) is 0 Å². The van der Waals surface area contributed by atoms with Crippen LogP contribution in [0.4, 0.5) is 13.2 Å². The topological polar surface area (TPSA) is 61.6 Å². The van der Waals surface area contributed by atoms with E-state index < -0.39 is 23.3 Å². The molecule has 0 bridgehead atoms. The molecule has 0 radical (unpaired) electrons. The van der Waals surface area contributed by atoms with Crippen molar-refractivity contribution in [2.45, 2.75) is 6.18 Å². The summed E-state index contributed by atoms with van der Waals surface area (Å²) in [6.07, 6.45) is -3.81. The third-order valence-electron chi connectivity index (χ3n) is 4.40. The van der Waals surface area contributed by atoms with Gasteiger partial charge in [0.05, 0.1) is 24.1 Å². The number of aliphatic hydroxyl groups is 1. The van der Waals surface area contributed by atoms with Crippen molar-refractivity contribution in [1.29, 1.82) is 0 Å². The standard InChI is InChI=1S/C17H18ClF3N4O2/c18-12-2-1-3-13(10-12)25-15(17(19,20)21)14(11-22-25)16(27)24-6-4-23(5-7-24)8-9-26/h1-3,10-11,26H,4-9H2. The number of nitrogens with zero attached hydrogens (tertiary/aromatic N) is 4. The number of aromatic nitrogens is 2. The van der Waals surface area contributed by atoms with E-state index in [1.807, 2.05) is 4.90 Å². The summed E-state index contributed by atoms with van der Waals surface area (Å²) >= 11 is 5.87. The van der Waals surface area contributed by atoms with E-state index in [4.69, 9.17) is 16.7 Å². The summed E-state index contributed by atoms with van der Waals surface area (Å²) in [5, 5.41) is 13.0. The first-order valence-corrected chi connectivity index (χ1v) is 8.72. The van der Waals surface area contributed by atoms with Crippen molar-refractivity contribution >= 4 is 17.5 Å². The predicted molar refractivity (Wildman–Crippen MR) is 93.0 cm³/mol. The minimum Gasteiger partial charge on any atom is -0.395 e. The molecule has 1 saturated heterocycles. The third-order valence-corrected chi connectivity index (χ3v) is 4.63. The summed E-state index contributed by atoms with van der Waals surface area (Å²) in [6, 6.07) is 5.85. The Bertz CT molecular complexity index is 817. The minimum absolute atomic E-state index is 0.00141. The second-order valence-electron chi connectivity index (χ2n) is 6.15. The minimum atomic E-state index is -4.76. The number of carbonyl (C=O) groups excluding carboxylic acids is 1. The lowest BCUT2D eigenvalue weighted by Gasteiger charge is -2.34. The van der Waals surface area contributed by atoms with Gasteiger partial charge in [-0.15, -0.1) is 0 Å². The summed E-state index contributed by atoms with van der Waals surface area (Å²) in [5.41, 5.74) is -1.48. The number of carbonyl (C=O) groups is 1. The fourth-order valence-electron chi connectivity index (χ4n) is 3.07. The summed E-state index contributed by atoms with van der Waals surface area (Å²) in [6.45, 7) is 2.05. The van der Waals surface area contributed by atoms with Gasteiger partial charge in [-0.25, -0.2) is 4.68 Å². The molecule has 6 nitrogen and oxygen atoms in total. The van der Waals surface area contributed by atoms with Gasteiger partial charge in [0.15, 0.2) is 5.69 Å². The summed E-state index contributed by atoms with van der Waals surface area (Å²) < 4.78 is 41.8. The number of piperazine rings is 1. The molecule has 2 aromatic rings. The number of amides is 1. The first-order valence-electron chi connectivity index (χ1n) is 8.35. The number of alkyl halides is 3. The maximum Gasteiger partial charge on any atom is 0.434 e. The maximum atomic E-state index is 13.7. The molecule has 1 aromatic carbocycles. The highest BCUT2D eigenvalue weighted by Gasteiger charge is 2.41. The molecule has 1 amide bonds. The second kappa shape index (κ2) is 7.87. The van der Waals surface area contributed by atoms with Crippen LogP contribution in [0.1, 0.15) is 16.1 Å². The number of hydrogen-bond acceptors (Lipinski definition) is 4. The smallest absolute Gasteiger partial charge is 0.395 e. The molecule has 0 atom stereocenters. The van der Waals surface area contributed by atoms with Gasteiger partial charge in [0, 0.05) is 37.7 Å². The fraction of sp³-hybridized carbons (Fsp3) is 0.412. The molecule has 146 valence electrons. The lowest BCUT2D eigenvalue weighted by Crippen LogP contribution is -2.49. The van der Waals surface area contributed by atoms with E-state index in [1.54, 1.807) is 6.07 Å². The van der Waals surface area contributed by atoms with Crippen LogP contribution < -0.4 is 0 Å². The zero-order chi connectivity index (χ0) is 19.6. The van der Waals surface area contributed by atoms with Crippen LogP contribution >= 0.6 is 11.6 Å². The molecule has 1 N–H and O–H groups in total. The molecular weight excluding hydrogens is 385 g/mol. The van der Waals surface area contributed by atoms with Crippen LogP contribution in [0.25, 0.3) is 5.69 Å². The van der Waals surface area contributed by atoms with Crippen LogP contribution in [-0.2, 0) is 6.18 Å². The Morgan fingerprint density at radius 3 is 2.52 bits per heavy atom. The van der Waals surface area contributed by atoms with Gasteiger partial charge in [-0.3, -0.25) is 9.69 Å². The highest BCUT2D eigenvalue weighted by molar-refractivity contribution is 6.30. The highest BCUT2D eigenvalue weighted by atomic mass is 35.5. The van der Waals surface area contributed by atoms with Crippen LogP contribution in [-0.4, -0.2) is 69.9 Å².